The van der Waals surface area contributed by atoms with Crippen LogP contribution in [0.2, 0.25) is 0 Å². The number of carbonyl (C=O) groups is 1. The molecule has 0 aliphatic carbocycles. The van der Waals surface area contributed by atoms with Crippen LogP contribution >= 0.6 is 0 Å². The minimum Gasteiger partial charge on any atom is -0.407 e. The number of benzene rings is 1. The minimum absolute atomic E-state index is 0.0800. The van der Waals surface area contributed by atoms with Crippen molar-refractivity contribution in [1.82, 2.24) is 0 Å². The van der Waals surface area contributed by atoms with Crippen molar-refractivity contribution < 1.29 is 23.9 Å². The van der Waals surface area contributed by atoms with Crippen molar-refractivity contribution in [3.63, 3.8) is 0 Å². The van der Waals surface area contributed by atoms with E-state index in [4.69, 9.17) is 9.47 Å². The van der Waals surface area contributed by atoms with Gasteiger partial charge in [-0.2, -0.15) is 0 Å². The molecule has 0 atom stereocenters. The zero-order valence-corrected chi connectivity index (χ0v) is 10.5. The van der Waals surface area contributed by atoms with E-state index in [1.807, 2.05) is 6.92 Å². The Morgan fingerprint density at radius 2 is 2.00 bits per heavy atom. The average Bonchev–Trinajstić information content (AvgIpc) is 2.39. The Kier molecular flexibility index (Phi) is 6.31. The number of non-ortho nitro benzene ring substituents is 1. The van der Waals surface area contributed by atoms with E-state index in [0.29, 0.717) is 6.61 Å². The fraction of sp³-hybridized carbons (Fsp3) is 0.417. The van der Waals surface area contributed by atoms with Crippen molar-refractivity contribution in [3.8, 4) is 5.75 Å². The van der Waals surface area contributed by atoms with Crippen LogP contribution in [-0.4, -0.2) is 24.5 Å². The maximum Gasteiger partial charge on any atom is 0.515 e. The molecule has 0 N–H and O–H groups in total. The highest BCUT2D eigenvalue weighted by molar-refractivity contribution is 5.63. The van der Waals surface area contributed by atoms with E-state index in [0.717, 1.165) is 12.8 Å². The summed E-state index contributed by atoms with van der Waals surface area (Å²) in [4.78, 5) is 21.1. The highest BCUT2D eigenvalue weighted by Gasteiger charge is 2.08. The minimum atomic E-state index is -0.912. The van der Waals surface area contributed by atoms with E-state index >= 15 is 0 Å². The van der Waals surface area contributed by atoms with Gasteiger partial charge in [-0.3, -0.25) is 10.1 Å². The molecule has 0 unspecified atom stereocenters. The fourth-order valence-electron chi connectivity index (χ4n) is 1.16. The second-order valence-corrected chi connectivity index (χ2v) is 3.63. The van der Waals surface area contributed by atoms with Gasteiger partial charge in [0.1, 0.15) is 5.75 Å². The van der Waals surface area contributed by atoms with Gasteiger partial charge in [0.05, 0.1) is 11.5 Å². The molecule has 19 heavy (non-hydrogen) atoms. The van der Waals surface area contributed by atoms with Gasteiger partial charge in [0.25, 0.3) is 5.69 Å². The Hall–Kier alpha value is -2.15. The smallest absolute Gasteiger partial charge is 0.407 e. The van der Waals surface area contributed by atoms with E-state index in [-0.39, 0.29) is 18.2 Å². The predicted molar refractivity (Wildman–Crippen MR) is 65.9 cm³/mol. The summed E-state index contributed by atoms with van der Waals surface area (Å²) in [6.45, 7) is 2.36. The summed E-state index contributed by atoms with van der Waals surface area (Å²) in [5, 5.41) is 10.4. The van der Waals surface area contributed by atoms with Crippen LogP contribution in [0.25, 0.3) is 0 Å². The van der Waals surface area contributed by atoms with Crippen LogP contribution in [0.1, 0.15) is 19.8 Å². The van der Waals surface area contributed by atoms with Crippen LogP contribution in [0, 0.1) is 10.1 Å². The number of rotatable bonds is 7. The third-order valence-electron chi connectivity index (χ3n) is 2.15. The molecule has 0 amide bonds. The Labute approximate surface area is 110 Å². The second kappa shape index (κ2) is 8.04. The number of hydrogen-bond acceptors (Lipinski definition) is 6. The molecule has 1 aromatic rings. The molecule has 0 spiro atoms. The number of ether oxygens (including phenoxy) is 3. The highest BCUT2D eigenvalue weighted by atomic mass is 16.8. The Bertz CT molecular complexity index is 417. The van der Waals surface area contributed by atoms with E-state index < -0.39 is 11.1 Å². The summed E-state index contributed by atoms with van der Waals surface area (Å²) >= 11 is 0. The molecule has 0 bridgehead atoms. The van der Waals surface area contributed by atoms with Crippen molar-refractivity contribution >= 4 is 11.8 Å². The molecule has 0 radical (unpaired) electrons. The van der Waals surface area contributed by atoms with Gasteiger partial charge in [0.15, 0.2) is 6.79 Å². The standard InChI is InChI=1S/C12H15NO6/c1-2-3-8-17-9-18-12(14)19-11-6-4-10(5-7-11)13(15)16/h4-7H,2-3,8-9H2,1H3. The first kappa shape index (κ1) is 14.9. The Morgan fingerprint density at radius 1 is 1.32 bits per heavy atom. The van der Waals surface area contributed by atoms with Crippen molar-refractivity contribution in [3.05, 3.63) is 34.4 Å². The van der Waals surface area contributed by atoms with Crippen molar-refractivity contribution in [2.45, 2.75) is 19.8 Å². The van der Waals surface area contributed by atoms with Crippen LogP contribution in [0.3, 0.4) is 0 Å². The van der Waals surface area contributed by atoms with E-state index in [9.17, 15) is 14.9 Å². The normalized spacial score (nSPS) is 9.95. The molecule has 0 saturated heterocycles. The molecule has 0 aliphatic heterocycles. The Balaban J connectivity index is 2.30. The molecule has 7 nitrogen and oxygen atoms in total. The molecule has 0 fully saturated rings. The molecular weight excluding hydrogens is 254 g/mol. The van der Waals surface area contributed by atoms with Gasteiger partial charge in [-0.25, -0.2) is 4.79 Å². The molecule has 0 aliphatic rings. The largest absolute Gasteiger partial charge is 0.515 e. The first-order chi connectivity index (χ1) is 9.13. The first-order valence-electron chi connectivity index (χ1n) is 5.80. The quantitative estimate of drug-likeness (QED) is 0.189. The number of carbonyl (C=O) groups excluding carboxylic acids is 1. The van der Waals surface area contributed by atoms with E-state index in [2.05, 4.69) is 4.74 Å². The summed E-state index contributed by atoms with van der Waals surface area (Å²) in [6, 6.07) is 5.11. The lowest BCUT2D eigenvalue weighted by Crippen LogP contribution is -2.13. The predicted octanol–water partition coefficient (Wildman–Crippen LogP) is 2.88. The lowest BCUT2D eigenvalue weighted by Gasteiger charge is -2.06. The van der Waals surface area contributed by atoms with Gasteiger partial charge in [0.2, 0.25) is 0 Å². The molecule has 1 aromatic carbocycles. The summed E-state index contributed by atoms with van der Waals surface area (Å²) < 4.78 is 14.5. The first-order valence-corrected chi connectivity index (χ1v) is 5.80. The molecule has 1 rings (SSSR count). The third kappa shape index (κ3) is 5.82. The molecule has 7 heteroatoms. The van der Waals surface area contributed by atoms with Crippen molar-refractivity contribution in [1.29, 1.82) is 0 Å². The van der Waals surface area contributed by atoms with Gasteiger partial charge < -0.3 is 14.2 Å². The molecule has 0 saturated carbocycles. The van der Waals surface area contributed by atoms with Gasteiger partial charge in [0, 0.05) is 12.1 Å². The number of nitrogens with zero attached hydrogens (tertiary/aromatic N) is 1. The molecular formula is C12H15NO6. The number of hydrogen-bond donors (Lipinski definition) is 0. The SMILES string of the molecule is CCCCOCOC(=O)Oc1ccc([N+](=O)[O-])cc1. The lowest BCUT2D eigenvalue weighted by atomic mass is 10.3. The fourth-order valence-corrected chi connectivity index (χ4v) is 1.16. The third-order valence-corrected chi connectivity index (χ3v) is 2.15. The van der Waals surface area contributed by atoms with Crippen LogP contribution in [-0.2, 0) is 9.47 Å². The number of nitro groups is 1. The second-order valence-electron chi connectivity index (χ2n) is 3.63. The topological polar surface area (TPSA) is 87.9 Å². The lowest BCUT2D eigenvalue weighted by molar-refractivity contribution is -0.384. The van der Waals surface area contributed by atoms with Gasteiger partial charge in [-0.15, -0.1) is 0 Å². The van der Waals surface area contributed by atoms with E-state index in [1.54, 1.807) is 0 Å². The van der Waals surface area contributed by atoms with Crippen molar-refractivity contribution in [2.75, 3.05) is 13.4 Å². The summed E-state index contributed by atoms with van der Waals surface area (Å²) in [7, 11) is 0. The van der Waals surface area contributed by atoms with Gasteiger partial charge >= 0.3 is 6.16 Å². The monoisotopic (exact) mass is 269 g/mol. The average molecular weight is 269 g/mol. The van der Waals surface area contributed by atoms with Gasteiger partial charge in [-0.1, -0.05) is 13.3 Å². The van der Waals surface area contributed by atoms with Crippen molar-refractivity contribution in [2.24, 2.45) is 0 Å². The van der Waals surface area contributed by atoms with Crippen LogP contribution < -0.4 is 4.74 Å². The van der Waals surface area contributed by atoms with Gasteiger partial charge in [-0.05, 0) is 18.6 Å². The summed E-state index contributed by atoms with van der Waals surface area (Å²) in [5.41, 5.74) is -0.0800. The number of nitro benzene ring substituents is 1. The number of unbranched alkanes of at least 4 members (excludes halogenated alkanes) is 1. The zero-order chi connectivity index (χ0) is 14.1. The zero-order valence-electron chi connectivity index (χ0n) is 10.5. The molecule has 0 heterocycles. The van der Waals surface area contributed by atoms with Crippen LogP contribution in [0.5, 0.6) is 5.75 Å². The Morgan fingerprint density at radius 3 is 2.58 bits per heavy atom. The van der Waals surface area contributed by atoms with E-state index in [1.165, 1.54) is 24.3 Å². The summed E-state index contributed by atoms with van der Waals surface area (Å²) in [6.07, 6.45) is 0.971. The highest BCUT2D eigenvalue weighted by Crippen LogP contribution is 2.17. The maximum absolute atomic E-state index is 11.2. The summed E-state index contributed by atoms with van der Waals surface area (Å²) in [5.74, 6) is 0.171. The maximum atomic E-state index is 11.2. The molecule has 0 aromatic heterocycles. The molecule has 104 valence electrons. The van der Waals surface area contributed by atoms with Crippen LogP contribution in [0.15, 0.2) is 24.3 Å². The van der Waals surface area contributed by atoms with Crippen LogP contribution in [0.4, 0.5) is 10.5 Å².